The number of hydrogen-bond donors (Lipinski definition) is 1. The van der Waals surface area contributed by atoms with Crippen LogP contribution in [0, 0.1) is 0 Å². The van der Waals surface area contributed by atoms with E-state index in [2.05, 4.69) is 16.2 Å². The minimum Gasteiger partial charge on any atom is -0.493 e. The molecule has 1 aromatic carbocycles. The number of nitrogens with zero attached hydrogens (tertiary/aromatic N) is 1. The zero-order valence-electron chi connectivity index (χ0n) is 10.7. The van der Waals surface area contributed by atoms with E-state index in [9.17, 15) is 0 Å². The van der Waals surface area contributed by atoms with E-state index in [-0.39, 0.29) is 0 Å². The summed E-state index contributed by atoms with van der Waals surface area (Å²) in [5, 5.41) is 0. The fraction of sp³-hybridized carbons (Fsp3) is 0.308. The molecule has 0 aliphatic rings. The van der Waals surface area contributed by atoms with Crippen LogP contribution in [0.2, 0.25) is 0 Å². The molecule has 0 saturated heterocycles. The van der Waals surface area contributed by atoms with E-state index in [1.54, 1.807) is 32.2 Å². The Morgan fingerprint density at radius 1 is 1.22 bits per heavy atom. The summed E-state index contributed by atoms with van der Waals surface area (Å²) >= 11 is 1.76. The van der Waals surface area contributed by atoms with Gasteiger partial charge in [0.15, 0.2) is 11.5 Å². The average molecular weight is 264 g/mol. The number of rotatable bonds is 5. The van der Waals surface area contributed by atoms with Gasteiger partial charge >= 0.3 is 0 Å². The Morgan fingerprint density at radius 2 is 1.94 bits per heavy atom. The van der Waals surface area contributed by atoms with Crippen LogP contribution in [-0.2, 0) is 5.75 Å². The van der Waals surface area contributed by atoms with Crippen LogP contribution in [0.3, 0.4) is 0 Å². The fourth-order valence-corrected chi connectivity index (χ4v) is 2.38. The number of methoxy groups -OCH3 is 2. The summed E-state index contributed by atoms with van der Waals surface area (Å²) in [6, 6.07) is 3.97. The van der Waals surface area contributed by atoms with Crippen molar-refractivity contribution in [2.24, 2.45) is 0 Å². The summed E-state index contributed by atoms with van der Waals surface area (Å²) in [6.07, 6.45) is 5.63. The summed E-state index contributed by atoms with van der Waals surface area (Å²) in [5.41, 5.74) is 2.22. The van der Waals surface area contributed by atoms with Gasteiger partial charge in [0.25, 0.3) is 0 Å². The predicted molar refractivity (Wildman–Crippen MR) is 74.3 cm³/mol. The molecular formula is C13H16N2O2S. The summed E-state index contributed by atoms with van der Waals surface area (Å²) in [7, 11) is 3.28. The lowest BCUT2D eigenvalue weighted by Crippen LogP contribution is -1.96. The number of hydrogen-bond acceptors (Lipinski definition) is 4. The molecule has 96 valence electrons. The van der Waals surface area contributed by atoms with Crippen LogP contribution in [-0.4, -0.2) is 30.4 Å². The Hall–Kier alpha value is -1.62. The van der Waals surface area contributed by atoms with Crippen molar-refractivity contribution in [2.45, 2.75) is 5.75 Å². The highest BCUT2D eigenvalue weighted by molar-refractivity contribution is 7.97. The van der Waals surface area contributed by atoms with Crippen LogP contribution >= 0.6 is 11.8 Å². The topological polar surface area (TPSA) is 47.1 Å². The molecule has 0 fully saturated rings. The molecule has 0 aliphatic carbocycles. The fourth-order valence-electron chi connectivity index (χ4n) is 1.83. The normalized spacial score (nSPS) is 10.4. The molecule has 0 spiro atoms. The number of nitrogens with one attached hydrogen (secondary N) is 1. The van der Waals surface area contributed by atoms with Gasteiger partial charge in [-0.3, -0.25) is 0 Å². The largest absolute Gasteiger partial charge is 0.493 e. The van der Waals surface area contributed by atoms with E-state index >= 15 is 0 Å². The molecule has 2 rings (SSSR count). The average Bonchev–Trinajstić information content (AvgIpc) is 2.92. The van der Waals surface area contributed by atoms with Crippen LogP contribution in [0.4, 0.5) is 0 Å². The van der Waals surface area contributed by atoms with Gasteiger partial charge in [0.2, 0.25) is 0 Å². The first-order valence-electron chi connectivity index (χ1n) is 5.53. The van der Waals surface area contributed by atoms with E-state index in [4.69, 9.17) is 9.47 Å². The monoisotopic (exact) mass is 264 g/mol. The molecule has 5 heteroatoms. The van der Waals surface area contributed by atoms with Crippen molar-refractivity contribution < 1.29 is 9.47 Å². The van der Waals surface area contributed by atoms with Crippen LogP contribution < -0.4 is 9.47 Å². The van der Waals surface area contributed by atoms with Gasteiger partial charge in [-0.05, 0) is 24.0 Å². The molecule has 0 aliphatic heterocycles. The minimum absolute atomic E-state index is 0.716. The van der Waals surface area contributed by atoms with Crippen LogP contribution in [0.5, 0.6) is 11.5 Å². The molecule has 1 aromatic heterocycles. The Bertz CT molecular complexity index is 512. The first kappa shape index (κ1) is 12.8. The molecule has 2 aromatic rings. The predicted octanol–water partition coefficient (Wildman–Crippen LogP) is 2.96. The van der Waals surface area contributed by atoms with Crippen molar-refractivity contribution in [2.75, 3.05) is 20.5 Å². The number of aromatic nitrogens is 2. The second-order valence-corrected chi connectivity index (χ2v) is 4.60. The van der Waals surface area contributed by atoms with Gasteiger partial charge in [0, 0.05) is 23.7 Å². The molecule has 0 unspecified atom stereocenters. The Morgan fingerprint density at radius 3 is 2.50 bits per heavy atom. The molecular weight excluding hydrogens is 248 g/mol. The second kappa shape index (κ2) is 5.82. The van der Waals surface area contributed by atoms with Gasteiger partial charge in [-0.1, -0.05) is 0 Å². The van der Waals surface area contributed by atoms with E-state index in [1.807, 2.05) is 18.3 Å². The summed E-state index contributed by atoms with van der Waals surface area (Å²) in [5.74, 6) is 3.21. The highest BCUT2D eigenvalue weighted by atomic mass is 32.2. The SMILES string of the molecule is COc1cc(CSC)c(-c2ncc[nH]2)cc1OC. The lowest BCUT2D eigenvalue weighted by Gasteiger charge is -2.13. The molecule has 0 atom stereocenters. The van der Waals surface area contributed by atoms with Gasteiger partial charge in [-0.25, -0.2) is 4.98 Å². The Kier molecular flexibility index (Phi) is 4.15. The van der Waals surface area contributed by atoms with E-state index in [0.29, 0.717) is 5.75 Å². The molecule has 18 heavy (non-hydrogen) atoms. The first-order valence-corrected chi connectivity index (χ1v) is 6.93. The highest BCUT2D eigenvalue weighted by Gasteiger charge is 2.13. The number of aromatic amines is 1. The molecule has 0 radical (unpaired) electrons. The maximum absolute atomic E-state index is 5.33. The summed E-state index contributed by atoms with van der Waals surface area (Å²) in [4.78, 5) is 7.42. The van der Waals surface area contributed by atoms with Gasteiger partial charge in [0.05, 0.1) is 14.2 Å². The molecule has 4 nitrogen and oxygen atoms in total. The number of benzene rings is 1. The van der Waals surface area contributed by atoms with Crippen LogP contribution in [0.25, 0.3) is 11.4 Å². The summed E-state index contributed by atoms with van der Waals surface area (Å²) in [6.45, 7) is 0. The third-order valence-electron chi connectivity index (χ3n) is 2.66. The lowest BCUT2D eigenvalue weighted by molar-refractivity contribution is 0.355. The Balaban J connectivity index is 2.55. The van der Waals surface area contributed by atoms with Crippen molar-refractivity contribution in [3.63, 3.8) is 0 Å². The van der Waals surface area contributed by atoms with Crippen molar-refractivity contribution in [3.05, 3.63) is 30.1 Å². The smallest absolute Gasteiger partial charge is 0.161 e. The van der Waals surface area contributed by atoms with Crippen LogP contribution in [0.1, 0.15) is 5.56 Å². The molecule has 0 amide bonds. The maximum atomic E-state index is 5.33. The minimum atomic E-state index is 0.716. The molecule has 0 bridgehead atoms. The number of thioether (sulfide) groups is 1. The zero-order valence-corrected chi connectivity index (χ0v) is 11.5. The summed E-state index contributed by atoms with van der Waals surface area (Å²) < 4.78 is 10.7. The molecule has 0 saturated carbocycles. The van der Waals surface area contributed by atoms with Crippen molar-refractivity contribution >= 4 is 11.8 Å². The van der Waals surface area contributed by atoms with Gasteiger partial charge in [-0.2, -0.15) is 11.8 Å². The molecule has 1 heterocycles. The van der Waals surface area contributed by atoms with E-state index in [1.165, 1.54) is 5.56 Å². The number of H-pyrrole nitrogens is 1. The zero-order chi connectivity index (χ0) is 13.0. The first-order chi connectivity index (χ1) is 8.80. The quantitative estimate of drug-likeness (QED) is 0.902. The highest BCUT2D eigenvalue weighted by Crippen LogP contribution is 2.35. The Labute approximate surface area is 111 Å². The number of imidazole rings is 1. The van der Waals surface area contributed by atoms with Gasteiger partial charge < -0.3 is 14.5 Å². The van der Waals surface area contributed by atoms with Crippen LogP contribution in [0.15, 0.2) is 24.5 Å². The van der Waals surface area contributed by atoms with E-state index < -0.39 is 0 Å². The third-order valence-corrected chi connectivity index (χ3v) is 3.26. The molecule has 1 N–H and O–H groups in total. The van der Waals surface area contributed by atoms with E-state index in [0.717, 1.165) is 22.9 Å². The van der Waals surface area contributed by atoms with Crippen molar-refractivity contribution in [1.29, 1.82) is 0 Å². The standard InChI is InChI=1S/C13H16N2O2S/c1-16-11-6-9(8-18-3)10(7-12(11)17-2)13-14-4-5-15-13/h4-7H,8H2,1-3H3,(H,14,15). The maximum Gasteiger partial charge on any atom is 0.161 e. The van der Waals surface area contributed by atoms with Gasteiger partial charge in [-0.15, -0.1) is 0 Å². The lowest BCUT2D eigenvalue weighted by atomic mass is 10.1. The van der Waals surface area contributed by atoms with Gasteiger partial charge in [0.1, 0.15) is 5.82 Å². The number of ether oxygens (including phenoxy) is 2. The van der Waals surface area contributed by atoms with Crippen molar-refractivity contribution in [3.8, 4) is 22.9 Å². The third kappa shape index (κ3) is 2.46. The van der Waals surface area contributed by atoms with Crippen molar-refractivity contribution in [1.82, 2.24) is 9.97 Å². The second-order valence-electron chi connectivity index (χ2n) is 3.74.